The van der Waals surface area contributed by atoms with Crippen molar-refractivity contribution in [3.8, 4) is 0 Å². The van der Waals surface area contributed by atoms with Crippen LogP contribution in [-0.4, -0.2) is 90.4 Å². The number of rotatable bonds is 3. The van der Waals surface area contributed by atoms with Gasteiger partial charge in [-0.25, -0.2) is 9.97 Å². The maximum atomic E-state index is 12.9. The van der Waals surface area contributed by atoms with Crippen LogP contribution in [0, 0.1) is 6.92 Å². The van der Waals surface area contributed by atoms with Gasteiger partial charge in [0.15, 0.2) is 5.79 Å². The van der Waals surface area contributed by atoms with Gasteiger partial charge in [-0.3, -0.25) is 9.59 Å². The van der Waals surface area contributed by atoms with Gasteiger partial charge in [-0.15, -0.1) is 0 Å². The number of carbonyl (C=O) groups is 2. The molecular weight excluding hydrogens is 350 g/mol. The Hall–Kier alpha value is -2.26. The molecule has 4 rings (SSSR count). The molecule has 3 aliphatic heterocycles. The molecule has 1 aromatic heterocycles. The summed E-state index contributed by atoms with van der Waals surface area (Å²) in [5.41, 5.74) is 1.18. The number of aromatic nitrogens is 2. The highest BCUT2D eigenvalue weighted by Crippen LogP contribution is 2.32. The van der Waals surface area contributed by atoms with Crippen LogP contribution in [0.15, 0.2) is 6.07 Å². The number of amides is 2. The summed E-state index contributed by atoms with van der Waals surface area (Å²) in [6.07, 6.45) is 2.36. The summed E-state index contributed by atoms with van der Waals surface area (Å²) in [5, 5.41) is 0. The van der Waals surface area contributed by atoms with Gasteiger partial charge in [0.25, 0.3) is 5.91 Å². The second kappa shape index (κ2) is 7.40. The third-order valence-electron chi connectivity index (χ3n) is 5.43. The van der Waals surface area contributed by atoms with E-state index in [1.165, 1.54) is 0 Å². The predicted molar refractivity (Wildman–Crippen MR) is 96.4 cm³/mol. The van der Waals surface area contributed by atoms with E-state index in [1.807, 2.05) is 6.92 Å². The van der Waals surface area contributed by atoms with Crippen LogP contribution in [0.5, 0.6) is 0 Å². The minimum atomic E-state index is -0.447. The lowest BCUT2D eigenvalue weighted by molar-refractivity contribution is -0.169. The van der Waals surface area contributed by atoms with E-state index < -0.39 is 5.79 Å². The number of piperazine rings is 1. The molecule has 0 atom stereocenters. The Morgan fingerprint density at radius 3 is 2.37 bits per heavy atom. The molecule has 1 spiro atoms. The van der Waals surface area contributed by atoms with Crippen LogP contribution in [0.4, 0.5) is 5.95 Å². The molecule has 0 aromatic carbocycles. The molecule has 9 heteroatoms. The number of piperidine rings is 1. The summed E-state index contributed by atoms with van der Waals surface area (Å²) in [5.74, 6) is 0.0259. The molecule has 4 heterocycles. The molecule has 146 valence electrons. The second-order valence-corrected chi connectivity index (χ2v) is 7.22. The average Bonchev–Trinajstić information content (AvgIpc) is 3.15. The van der Waals surface area contributed by atoms with Crippen molar-refractivity contribution in [2.75, 3.05) is 57.4 Å². The number of hydrogen-bond acceptors (Lipinski definition) is 7. The van der Waals surface area contributed by atoms with Crippen molar-refractivity contribution in [3.05, 3.63) is 17.5 Å². The Labute approximate surface area is 158 Å². The van der Waals surface area contributed by atoms with Gasteiger partial charge in [0.1, 0.15) is 5.69 Å². The van der Waals surface area contributed by atoms with E-state index >= 15 is 0 Å². The van der Waals surface area contributed by atoms with Crippen LogP contribution >= 0.6 is 0 Å². The van der Waals surface area contributed by atoms with Crippen molar-refractivity contribution in [2.24, 2.45) is 0 Å². The van der Waals surface area contributed by atoms with Gasteiger partial charge in [-0.2, -0.15) is 0 Å². The predicted octanol–water partition coefficient (Wildman–Crippen LogP) is 0.0425. The fourth-order valence-corrected chi connectivity index (χ4v) is 3.83. The summed E-state index contributed by atoms with van der Waals surface area (Å²) in [6, 6.07) is 1.73. The van der Waals surface area contributed by atoms with Gasteiger partial charge >= 0.3 is 0 Å². The zero-order valence-corrected chi connectivity index (χ0v) is 15.6. The van der Waals surface area contributed by atoms with E-state index in [4.69, 9.17) is 9.47 Å². The molecular formula is C18H25N5O4. The SMILES string of the molecule is Cc1cc(C(=O)N2CCN(C=O)CC2)nc(N2CCC3(CC2)OCCO3)n1. The highest BCUT2D eigenvalue weighted by molar-refractivity contribution is 5.92. The number of anilines is 1. The number of ether oxygens (including phenoxy) is 2. The molecule has 3 saturated heterocycles. The van der Waals surface area contributed by atoms with Gasteiger partial charge < -0.3 is 24.2 Å². The van der Waals surface area contributed by atoms with Crippen molar-refractivity contribution >= 4 is 18.3 Å². The molecule has 9 nitrogen and oxygen atoms in total. The van der Waals surface area contributed by atoms with E-state index in [0.29, 0.717) is 51.0 Å². The number of hydrogen-bond donors (Lipinski definition) is 0. The molecule has 27 heavy (non-hydrogen) atoms. The molecule has 0 saturated carbocycles. The Morgan fingerprint density at radius 1 is 1.07 bits per heavy atom. The van der Waals surface area contributed by atoms with Crippen molar-refractivity contribution < 1.29 is 19.1 Å². The summed E-state index contributed by atoms with van der Waals surface area (Å²) >= 11 is 0. The summed E-state index contributed by atoms with van der Waals surface area (Å²) in [6.45, 7) is 6.80. The van der Waals surface area contributed by atoms with E-state index in [9.17, 15) is 9.59 Å². The van der Waals surface area contributed by atoms with Crippen LogP contribution in [0.1, 0.15) is 29.0 Å². The van der Waals surface area contributed by atoms with Crippen molar-refractivity contribution in [1.82, 2.24) is 19.8 Å². The van der Waals surface area contributed by atoms with Crippen LogP contribution in [0.25, 0.3) is 0 Å². The third kappa shape index (κ3) is 3.74. The first-order valence-corrected chi connectivity index (χ1v) is 9.46. The zero-order chi connectivity index (χ0) is 18.9. The molecule has 3 fully saturated rings. The maximum Gasteiger partial charge on any atom is 0.272 e. The Kier molecular flexibility index (Phi) is 4.96. The minimum Gasteiger partial charge on any atom is -0.347 e. The monoisotopic (exact) mass is 375 g/mol. The Bertz CT molecular complexity index is 704. The standard InChI is InChI=1S/C18H25N5O4/c1-14-12-15(16(25)22-8-6-21(13-24)7-9-22)20-17(19-14)23-4-2-18(3-5-23)26-10-11-27-18/h12-13H,2-11H2,1H3. The number of nitrogens with zero attached hydrogens (tertiary/aromatic N) is 5. The first-order chi connectivity index (χ1) is 13.1. The normalized spacial score (nSPS) is 22.3. The van der Waals surface area contributed by atoms with E-state index in [0.717, 1.165) is 38.0 Å². The Balaban J connectivity index is 1.45. The first kappa shape index (κ1) is 18.1. The fourth-order valence-electron chi connectivity index (χ4n) is 3.83. The molecule has 0 radical (unpaired) electrons. The van der Waals surface area contributed by atoms with Gasteiger partial charge in [0.2, 0.25) is 12.4 Å². The van der Waals surface area contributed by atoms with Gasteiger partial charge in [0.05, 0.1) is 13.2 Å². The Morgan fingerprint density at radius 2 is 1.74 bits per heavy atom. The quantitative estimate of drug-likeness (QED) is 0.690. The van der Waals surface area contributed by atoms with Gasteiger partial charge in [-0.05, 0) is 13.0 Å². The maximum absolute atomic E-state index is 12.9. The van der Waals surface area contributed by atoms with Crippen LogP contribution in [0.2, 0.25) is 0 Å². The summed E-state index contributed by atoms with van der Waals surface area (Å²) < 4.78 is 11.5. The lowest BCUT2D eigenvalue weighted by Crippen LogP contribution is -2.48. The van der Waals surface area contributed by atoms with E-state index in [1.54, 1.807) is 15.9 Å². The van der Waals surface area contributed by atoms with Crippen LogP contribution in [-0.2, 0) is 14.3 Å². The zero-order valence-electron chi connectivity index (χ0n) is 15.6. The summed E-state index contributed by atoms with van der Waals surface area (Å²) in [4.78, 5) is 38.3. The van der Waals surface area contributed by atoms with E-state index in [2.05, 4.69) is 14.9 Å². The lowest BCUT2D eigenvalue weighted by Gasteiger charge is -2.37. The second-order valence-electron chi connectivity index (χ2n) is 7.22. The largest absolute Gasteiger partial charge is 0.347 e. The van der Waals surface area contributed by atoms with Gasteiger partial charge in [-0.1, -0.05) is 0 Å². The van der Waals surface area contributed by atoms with Crippen LogP contribution in [0.3, 0.4) is 0 Å². The minimum absolute atomic E-state index is 0.108. The smallest absolute Gasteiger partial charge is 0.272 e. The molecule has 2 amide bonds. The molecule has 1 aromatic rings. The molecule has 0 aliphatic carbocycles. The number of aryl methyl sites for hydroxylation is 1. The van der Waals surface area contributed by atoms with Crippen molar-refractivity contribution in [1.29, 1.82) is 0 Å². The van der Waals surface area contributed by atoms with E-state index in [-0.39, 0.29) is 5.91 Å². The fraction of sp³-hybridized carbons (Fsp3) is 0.667. The molecule has 0 N–H and O–H groups in total. The van der Waals surface area contributed by atoms with Crippen molar-refractivity contribution in [3.63, 3.8) is 0 Å². The van der Waals surface area contributed by atoms with Crippen LogP contribution < -0.4 is 4.90 Å². The molecule has 0 bridgehead atoms. The molecule has 3 aliphatic rings. The average molecular weight is 375 g/mol. The lowest BCUT2D eigenvalue weighted by atomic mass is 10.0. The van der Waals surface area contributed by atoms with Gasteiger partial charge in [0, 0.05) is 57.8 Å². The summed E-state index contributed by atoms with van der Waals surface area (Å²) in [7, 11) is 0. The number of carbonyl (C=O) groups excluding carboxylic acids is 2. The first-order valence-electron chi connectivity index (χ1n) is 9.46. The third-order valence-corrected chi connectivity index (χ3v) is 5.43. The highest BCUT2D eigenvalue weighted by Gasteiger charge is 2.40. The van der Waals surface area contributed by atoms with Crippen molar-refractivity contribution in [2.45, 2.75) is 25.6 Å². The highest BCUT2D eigenvalue weighted by atomic mass is 16.7. The topological polar surface area (TPSA) is 88.1 Å². The molecule has 0 unspecified atom stereocenters.